The number of morpholine rings is 1. The molecule has 25 heavy (non-hydrogen) atoms. The molecular weight excluding hydrogens is 342 g/mol. The molecule has 2 aliphatic rings. The van der Waals surface area contributed by atoms with Crippen LogP contribution in [0.5, 0.6) is 0 Å². The van der Waals surface area contributed by atoms with Crippen LogP contribution < -0.4 is 4.90 Å². The standard InChI is InChI=1S/C16H21N5O3S/c22-25(23,21-8-10-24-11-9-21)13-2-1-7-20(12-13)15-4-3-14-16(19-15)18-6-5-17-14/h3-6,13H,1-2,7-12H2/t13-/m1/s1. The van der Waals surface area contributed by atoms with Gasteiger partial charge in [0.25, 0.3) is 0 Å². The third kappa shape index (κ3) is 3.31. The van der Waals surface area contributed by atoms with Gasteiger partial charge in [0.2, 0.25) is 10.0 Å². The number of hydrogen-bond acceptors (Lipinski definition) is 7. The summed E-state index contributed by atoms with van der Waals surface area (Å²) in [5, 5.41) is -0.404. The molecule has 0 N–H and O–H groups in total. The van der Waals surface area contributed by atoms with Gasteiger partial charge in [0.15, 0.2) is 5.65 Å². The zero-order valence-electron chi connectivity index (χ0n) is 13.9. The second-order valence-corrected chi connectivity index (χ2v) is 8.55. The SMILES string of the molecule is O=S(=O)([C@@H]1CCCN(c2ccc3nccnc3n2)C1)N1CCOCC1. The van der Waals surface area contributed by atoms with Crippen LogP contribution in [0.1, 0.15) is 12.8 Å². The summed E-state index contributed by atoms with van der Waals surface area (Å²) in [6.45, 7) is 3.10. The minimum absolute atomic E-state index is 0.404. The van der Waals surface area contributed by atoms with Gasteiger partial charge in [-0.05, 0) is 25.0 Å². The topological polar surface area (TPSA) is 88.5 Å². The van der Waals surface area contributed by atoms with E-state index in [9.17, 15) is 8.42 Å². The van der Waals surface area contributed by atoms with Crippen LogP contribution in [0, 0.1) is 0 Å². The molecule has 2 aliphatic heterocycles. The molecule has 4 rings (SSSR count). The van der Waals surface area contributed by atoms with E-state index < -0.39 is 15.3 Å². The summed E-state index contributed by atoms with van der Waals surface area (Å²) in [5.41, 5.74) is 1.32. The van der Waals surface area contributed by atoms with Crippen LogP contribution >= 0.6 is 0 Å². The highest BCUT2D eigenvalue weighted by Gasteiger charge is 2.36. The molecule has 0 amide bonds. The first-order valence-corrected chi connectivity index (χ1v) is 10.0. The third-order valence-electron chi connectivity index (χ3n) is 4.77. The van der Waals surface area contributed by atoms with Gasteiger partial charge in [0.05, 0.1) is 18.5 Å². The van der Waals surface area contributed by atoms with E-state index >= 15 is 0 Å². The van der Waals surface area contributed by atoms with Gasteiger partial charge in [-0.3, -0.25) is 4.98 Å². The number of rotatable bonds is 3. The second kappa shape index (κ2) is 6.81. The van der Waals surface area contributed by atoms with Gasteiger partial charge >= 0.3 is 0 Å². The molecule has 8 nitrogen and oxygen atoms in total. The van der Waals surface area contributed by atoms with Crippen molar-refractivity contribution in [1.82, 2.24) is 19.3 Å². The Morgan fingerprint density at radius 1 is 1.08 bits per heavy atom. The fraction of sp³-hybridized carbons (Fsp3) is 0.562. The first-order chi connectivity index (χ1) is 12.1. The molecule has 0 bridgehead atoms. The fourth-order valence-corrected chi connectivity index (χ4v) is 5.33. The van der Waals surface area contributed by atoms with Crippen molar-refractivity contribution in [3.05, 3.63) is 24.5 Å². The zero-order chi connectivity index (χ0) is 17.3. The number of fused-ring (bicyclic) bond motifs is 1. The molecular formula is C16H21N5O3S. The summed E-state index contributed by atoms with van der Waals surface area (Å²) in [6, 6.07) is 3.77. The van der Waals surface area contributed by atoms with Crippen molar-refractivity contribution in [1.29, 1.82) is 0 Å². The number of pyridine rings is 1. The Kier molecular flexibility index (Phi) is 4.53. The van der Waals surface area contributed by atoms with Crippen LogP contribution in [0.25, 0.3) is 11.2 Å². The summed E-state index contributed by atoms with van der Waals surface area (Å²) in [4.78, 5) is 15.1. The lowest BCUT2D eigenvalue weighted by Crippen LogP contribution is -2.51. The highest BCUT2D eigenvalue weighted by atomic mass is 32.2. The monoisotopic (exact) mass is 363 g/mol. The van der Waals surface area contributed by atoms with Gasteiger partial charge in [-0.2, -0.15) is 4.31 Å². The molecule has 0 spiro atoms. The first-order valence-electron chi connectivity index (χ1n) is 8.54. The van der Waals surface area contributed by atoms with E-state index in [1.54, 1.807) is 16.7 Å². The molecule has 134 valence electrons. The van der Waals surface area contributed by atoms with E-state index in [1.807, 2.05) is 17.0 Å². The van der Waals surface area contributed by atoms with Crippen molar-refractivity contribution in [2.75, 3.05) is 44.3 Å². The van der Waals surface area contributed by atoms with Crippen LogP contribution in [0.4, 0.5) is 5.82 Å². The number of sulfonamides is 1. The molecule has 4 heterocycles. The molecule has 2 aromatic rings. The van der Waals surface area contributed by atoms with Gasteiger partial charge < -0.3 is 9.64 Å². The molecule has 0 unspecified atom stereocenters. The number of hydrogen-bond donors (Lipinski definition) is 0. The summed E-state index contributed by atoms with van der Waals surface area (Å²) in [5.74, 6) is 0.759. The Balaban J connectivity index is 1.55. The van der Waals surface area contributed by atoms with Crippen LogP contribution in [0.2, 0.25) is 0 Å². The van der Waals surface area contributed by atoms with Crippen molar-refractivity contribution < 1.29 is 13.2 Å². The van der Waals surface area contributed by atoms with Crippen LogP contribution in [-0.2, 0) is 14.8 Å². The smallest absolute Gasteiger partial charge is 0.218 e. The minimum Gasteiger partial charge on any atom is -0.379 e. The Morgan fingerprint density at radius 3 is 2.72 bits per heavy atom. The van der Waals surface area contributed by atoms with E-state index in [2.05, 4.69) is 15.0 Å². The Labute approximate surface area is 146 Å². The number of ether oxygens (including phenoxy) is 1. The average Bonchev–Trinajstić information content (AvgIpc) is 2.68. The predicted molar refractivity (Wildman–Crippen MR) is 93.9 cm³/mol. The lowest BCUT2D eigenvalue weighted by molar-refractivity contribution is 0.0725. The average molecular weight is 363 g/mol. The molecule has 0 aliphatic carbocycles. The van der Waals surface area contributed by atoms with E-state index in [0.717, 1.165) is 24.3 Å². The predicted octanol–water partition coefficient (Wildman–Crippen LogP) is 0.656. The lowest BCUT2D eigenvalue weighted by Gasteiger charge is -2.36. The number of anilines is 1. The molecule has 1 atom stereocenters. The highest BCUT2D eigenvalue weighted by molar-refractivity contribution is 7.89. The number of aromatic nitrogens is 3. The summed E-state index contributed by atoms with van der Waals surface area (Å²) in [6.07, 6.45) is 4.76. The fourth-order valence-electron chi connectivity index (χ4n) is 3.42. The summed E-state index contributed by atoms with van der Waals surface area (Å²) < 4.78 is 32.7. The number of piperidine rings is 1. The summed E-state index contributed by atoms with van der Waals surface area (Å²) in [7, 11) is -3.31. The third-order valence-corrected chi connectivity index (χ3v) is 7.08. The van der Waals surface area contributed by atoms with E-state index in [4.69, 9.17) is 4.74 Å². The van der Waals surface area contributed by atoms with Crippen LogP contribution in [0.15, 0.2) is 24.5 Å². The maximum atomic E-state index is 12.9. The van der Waals surface area contributed by atoms with Gasteiger partial charge in [-0.25, -0.2) is 18.4 Å². The minimum atomic E-state index is -3.31. The maximum absolute atomic E-state index is 12.9. The Bertz CT molecular complexity index is 854. The second-order valence-electron chi connectivity index (χ2n) is 6.34. The molecule has 0 radical (unpaired) electrons. The van der Waals surface area contributed by atoms with Crippen molar-refractivity contribution in [2.24, 2.45) is 0 Å². The van der Waals surface area contributed by atoms with Gasteiger partial charge in [-0.1, -0.05) is 0 Å². The quantitative estimate of drug-likeness (QED) is 0.791. The van der Waals surface area contributed by atoms with E-state index in [0.29, 0.717) is 44.9 Å². The Morgan fingerprint density at radius 2 is 1.88 bits per heavy atom. The molecule has 2 saturated heterocycles. The maximum Gasteiger partial charge on any atom is 0.218 e. The molecule has 0 aromatic carbocycles. The normalized spacial score (nSPS) is 23.0. The first kappa shape index (κ1) is 16.6. The zero-order valence-corrected chi connectivity index (χ0v) is 14.7. The number of nitrogens with zero attached hydrogens (tertiary/aromatic N) is 5. The van der Waals surface area contributed by atoms with E-state index in [-0.39, 0.29) is 0 Å². The van der Waals surface area contributed by atoms with Crippen molar-refractivity contribution in [3.63, 3.8) is 0 Å². The summed E-state index contributed by atoms with van der Waals surface area (Å²) >= 11 is 0. The van der Waals surface area contributed by atoms with Crippen LogP contribution in [-0.4, -0.2) is 72.3 Å². The van der Waals surface area contributed by atoms with Crippen molar-refractivity contribution in [3.8, 4) is 0 Å². The molecule has 2 fully saturated rings. The van der Waals surface area contributed by atoms with Crippen LogP contribution in [0.3, 0.4) is 0 Å². The van der Waals surface area contributed by atoms with Crippen molar-refractivity contribution >= 4 is 27.0 Å². The largest absolute Gasteiger partial charge is 0.379 e. The molecule has 9 heteroatoms. The molecule has 2 aromatic heterocycles. The Hall–Kier alpha value is -1.84. The lowest BCUT2D eigenvalue weighted by atomic mass is 10.1. The highest BCUT2D eigenvalue weighted by Crippen LogP contribution is 2.25. The van der Waals surface area contributed by atoms with Crippen molar-refractivity contribution in [2.45, 2.75) is 18.1 Å². The van der Waals surface area contributed by atoms with Gasteiger partial charge in [0, 0.05) is 38.6 Å². The van der Waals surface area contributed by atoms with E-state index in [1.165, 1.54) is 0 Å². The van der Waals surface area contributed by atoms with Gasteiger partial charge in [-0.15, -0.1) is 0 Å². The van der Waals surface area contributed by atoms with Gasteiger partial charge in [0.1, 0.15) is 11.3 Å². The molecule has 0 saturated carbocycles.